The molecule has 4 heteroatoms. The van der Waals surface area contributed by atoms with Gasteiger partial charge in [0.2, 0.25) is 0 Å². The molecule has 3 rings (SSSR count). The van der Waals surface area contributed by atoms with Gasteiger partial charge >= 0.3 is 0 Å². The lowest BCUT2D eigenvalue weighted by Crippen LogP contribution is -2.37. The molecule has 27 heavy (non-hydrogen) atoms. The lowest BCUT2D eigenvalue weighted by molar-refractivity contribution is 0.522. The lowest BCUT2D eigenvalue weighted by Gasteiger charge is -2.48. The van der Waals surface area contributed by atoms with Crippen molar-refractivity contribution in [3.8, 4) is 0 Å². The molecule has 0 amide bonds. The molecule has 0 aromatic carbocycles. The minimum Gasteiger partial charge on any atom is -0.464 e. The van der Waals surface area contributed by atoms with E-state index in [0.29, 0.717) is 16.0 Å². The summed E-state index contributed by atoms with van der Waals surface area (Å²) in [6, 6.07) is 8.37. The van der Waals surface area contributed by atoms with Crippen molar-refractivity contribution in [2.45, 2.75) is 89.4 Å². The molecule has 0 radical (unpaired) electrons. The highest BCUT2D eigenvalue weighted by Crippen LogP contribution is 2.67. The molecule has 0 spiro atoms. The summed E-state index contributed by atoms with van der Waals surface area (Å²) >= 11 is 0. The topological polar surface area (TPSA) is 26.3 Å². The van der Waals surface area contributed by atoms with Crippen molar-refractivity contribution in [1.29, 1.82) is 0 Å². The van der Waals surface area contributed by atoms with Crippen molar-refractivity contribution < 1.29 is 8.83 Å². The van der Waals surface area contributed by atoms with E-state index in [1.54, 1.807) is 0 Å². The Morgan fingerprint density at radius 1 is 0.889 bits per heavy atom. The van der Waals surface area contributed by atoms with Crippen LogP contribution in [0.2, 0.25) is 0 Å². The summed E-state index contributed by atoms with van der Waals surface area (Å²) in [4.78, 5) is 0. The van der Waals surface area contributed by atoms with Crippen LogP contribution in [0.3, 0.4) is 0 Å². The van der Waals surface area contributed by atoms with Gasteiger partial charge in [-0.05, 0) is 64.7 Å². The van der Waals surface area contributed by atoms with Gasteiger partial charge in [0.25, 0.3) is 0 Å². The number of hydrogen-bond donors (Lipinski definition) is 0. The van der Waals surface area contributed by atoms with Crippen molar-refractivity contribution in [3.63, 3.8) is 0 Å². The Morgan fingerprint density at radius 2 is 1.41 bits per heavy atom. The van der Waals surface area contributed by atoms with Gasteiger partial charge in [-0.1, -0.05) is 62.8 Å². The average molecular weight is 406 g/mol. The van der Waals surface area contributed by atoms with E-state index >= 15 is 0 Å². The first-order chi connectivity index (χ1) is 12.6. The van der Waals surface area contributed by atoms with E-state index < -0.39 is 7.92 Å². The SMILES string of the molecule is CC([C@@H]1CCC[C@@H]1P(c1ccco1)c1ccco1)P(C(C)(C)C)C(C)(C)C. The van der Waals surface area contributed by atoms with Crippen LogP contribution in [0.1, 0.15) is 67.7 Å². The Labute approximate surface area is 168 Å². The fourth-order valence-electron chi connectivity index (χ4n) is 5.52. The third kappa shape index (κ3) is 4.54. The maximum Gasteiger partial charge on any atom is 0.133 e. The molecule has 1 unspecified atom stereocenters. The Morgan fingerprint density at radius 3 is 1.81 bits per heavy atom. The van der Waals surface area contributed by atoms with E-state index in [9.17, 15) is 0 Å². The van der Waals surface area contributed by atoms with Gasteiger partial charge in [0.05, 0.1) is 12.5 Å². The predicted molar refractivity (Wildman–Crippen MR) is 121 cm³/mol. The Balaban J connectivity index is 1.95. The monoisotopic (exact) mass is 406 g/mol. The molecule has 2 aromatic heterocycles. The zero-order valence-corrected chi connectivity index (χ0v) is 19.8. The van der Waals surface area contributed by atoms with Crippen molar-refractivity contribution in [2.75, 3.05) is 0 Å². The van der Waals surface area contributed by atoms with E-state index in [1.165, 1.54) is 19.3 Å². The van der Waals surface area contributed by atoms with E-state index in [2.05, 4.69) is 60.6 Å². The zero-order chi connectivity index (χ0) is 19.8. The summed E-state index contributed by atoms with van der Waals surface area (Å²) in [5.41, 5.74) is 3.64. The molecule has 1 aliphatic rings. The Hall–Kier alpha value is -0.580. The molecule has 150 valence electrons. The highest BCUT2D eigenvalue weighted by molar-refractivity contribution is 7.73. The van der Waals surface area contributed by atoms with Gasteiger partial charge in [-0.25, -0.2) is 0 Å². The van der Waals surface area contributed by atoms with Crippen molar-refractivity contribution in [2.24, 2.45) is 5.92 Å². The molecule has 2 nitrogen and oxygen atoms in total. The molecule has 0 saturated heterocycles. The van der Waals surface area contributed by atoms with Crippen molar-refractivity contribution >= 4 is 26.8 Å². The highest BCUT2D eigenvalue weighted by atomic mass is 31.1. The van der Waals surface area contributed by atoms with Crippen LogP contribution in [0.25, 0.3) is 0 Å². The van der Waals surface area contributed by atoms with Gasteiger partial charge in [0, 0.05) is 7.92 Å². The smallest absolute Gasteiger partial charge is 0.133 e. The van der Waals surface area contributed by atoms with Crippen molar-refractivity contribution in [1.82, 2.24) is 0 Å². The fourth-order valence-corrected chi connectivity index (χ4v) is 13.8. The third-order valence-electron chi connectivity index (χ3n) is 5.82. The zero-order valence-electron chi connectivity index (χ0n) is 18.0. The molecule has 0 aliphatic heterocycles. The molecule has 0 bridgehead atoms. The second-order valence-electron chi connectivity index (χ2n) is 9.89. The molecular formula is C23H36O2P2. The molecule has 2 aromatic rings. The number of furan rings is 2. The molecule has 1 fully saturated rings. The normalized spacial score (nSPS) is 22.7. The maximum atomic E-state index is 5.93. The Kier molecular flexibility index (Phi) is 6.29. The minimum atomic E-state index is -0.569. The molecule has 2 heterocycles. The first-order valence-corrected chi connectivity index (χ1v) is 13.1. The second-order valence-corrected chi connectivity index (χ2v) is 16.4. The third-order valence-corrected chi connectivity index (χ3v) is 12.7. The first kappa shape index (κ1) is 21.1. The van der Waals surface area contributed by atoms with Crippen LogP contribution in [0.15, 0.2) is 45.6 Å². The van der Waals surface area contributed by atoms with Crippen LogP contribution >= 0.6 is 15.8 Å². The van der Waals surface area contributed by atoms with Gasteiger partial charge < -0.3 is 8.83 Å². The van der Waals surface area contributed by atoms with E-state index in [1.807, 2.05) is 24.7 Å². The van der Waals surface area contributed by atoms with Gasteiger partial charge in [0.1, 0.15) is 11.0 Å². The average Bonchev–Trinajstić information content (AvgIpc) is 3.28. The van der Waals surface area contributed by atoms with Crippen molar-refractivity contribution in [3.05, 3.63) is 36.8 Å². The standard InChI is InChI=1S/C23H36O2P2/c1-17(27(22(2,3)4)23(5,6)7)18-11-8-12-19(18)26(20-13-9-15-24-20)21-14-10-16-25-21/h9-10,13-19H,8,11-12H2,1-7H3/t17?,18-,19-/m0/s1. The molecule has 3 atom stereocenters. The van der Waals surface area contributed by atoms with Crippen LogP contribution in [0.4, 0.5) is 0 Å². The van der Waals surface area contributed by atoms with Gasteiger partial charge in [0.15, 0.2) is 0 Å². The quantitative estimate of drug-likeness (QED) is 0.503. The first-order valence-electron chi connectivity index (χ1n) is 10.3. The number of rotatable bonds is 5. The van der Waals surface area contributed by atoms with Crippen LogP contribution in [0.5, 0.6) is 0 Å². The second kappa shape index (κ2) is 8.04. The number of hydrogen-bond acceptors (Lipinski definition) is 2. The van der Waals surface area contributed by atoms with Gasteiger partial charge in [-0.2, -0.15) is 0 Å². The summed E-state index contributed by atoms with van der Waals surface area (Å²) in [5.74, 6) is 0.746. The largest absolute Gasteiger partial charge is 0.464 e. The van der Waals surface area contributed by atoms with Crippen LogP contribution in [0, 0.1) is 5.92 Å². The molecule has 0 N–H and O–H groups in total. The van der Waals surface area contributed by atoms with E-state index in [-0.39, 0.29) is 7.92 Å². The summed E-state index contributed by atoms with van der Waals surface area (Å²) < 4.78 is 11.9. The fraction of sp³-hybridized carbons (Fsp3) is 0.652. The van der Waals surface area contributed by atoms with Crippen LogP contribution in [-0.4, -0.2) is 21.6 Å². The minimum absolute atomic E-state index is 0.132. The molecular weight excluding hydrogens is 370 g/mol. The van der Waals surface area contributed by atoms with Gasteiger partial charge in [-0.3, -0.25) is 0 Å². The highest BCUT2D eigenvalue weighted by Gasteiger charge is 2.47. The van der Waals surface area contributed by atoms with E-state index in [4.69, 9.17) is 8.83 Å². The Bertz CT molecular complexity index is 644. The van der Waals surface area contributed by atoms with E-state index in [0.717, 1.165) is 22.6 Å². The van der Waals surface area contributed by atoms with Gasteiger partial charge in [-0.15, -0.1) is 0 Å². The maximum absolute atomic E-state index is 5.93. The molecule has 1 aliphatic carbocycles. The van der Waals surface area contributed by atoms with Crippen LogP contribution < -0.4 is 11.0 Å². The summed E-state index contributed by atoms with van der Waals surface area (Å²) in [6.07, 6.45) is 7.60. The summed E-state index contributed by atoms with van der Waals surface area (Å²) in [7, 11) is -0.701. The summed E-state index contributed by atoms with van der Waals surface area (Å²) in [6.45, 7) is 17.2. The predicted octanol–water partition coefficient (Wildman–Crippen LogP) is 6.94. The molecule has 1 saturated carbocycles. The van der Waals surface area contributed by atoms with Crippen LogP contribution in [-0.2, 0) is 0 Å². The summed E-state index contributed by atoms with van der Waals surface area (Å²) in [5, 5.41) is 0.719. The lowest BCUT2D eigenvalue weighted by atomic mass is 10.0.